The van der Waals surface area contributed by atoms with Crippen LogP contribution in [0.1, 0.15) is 37.8 Å². The summed E-state index contributed by atoms with van der Waals surface area (Å²) in [7, 11) is 0. The molecule has 0 aromatic heterocycles. The number of hydrogen-bond acceptors (Lipinski definition) is 6. The average molecular weight is 347 g/mol. The molecule has 1 aromatic carbocycles. The number of benzene rings is 1. The van der Waals surface area contributed by atoms with Gasteiger partial charge < -0.3 is 23.9 Å². The van der Waals surface area contributed by atoms with Crippen molar-refractivity contribution in [1.82, 2.24) is 4.90 Å². The van der Waals surface area contributed by atoms with Crippen LogP contribution < -0.4 is 9.47 Å². The van der Waals surface area contributed by atoms with Gasteiger partial charge in [-0.1, -0.05) is 0 Å². The molecule has 2 heterocycles. The lowest BCUT2D eigenvalue weighted by atomic mass is 10.00. The quantitative estimate of drug-likeness (QED) is 0.727. The van der Waals surface area contributed by atoms with Crippen molar-refractivity contribution in [3.8, 4) is 11.5 Å². The molecule has 0 radical (unpaired) electrons. The van der Waals surface area contributed by atoms with E-state index in [1.807, 2.05) is 12.1 Å². The second-order valence-electron chi connectivity index (χ2n) is 6.39. The lowest BCUT2D eigenvalue weighted by Crippen LogP contribution is -2.27. The average Bonchev–Trinajstić information content (AvgIpc) is 3.10. The van der Waals surface area contributed by atoms with Gasteiger partial charge in [-0.3, -0.25) is 9.59 Å². The van der Waals surface area contributed by atoms with Gasteiger partial charge in [0.2, 0.25) is 12.7 Å². The molecule has 25 heavy (non-hydrogen) atoms. The number of amides is 1. The minimum absolute atomic E-state index is 0.0542. The Balaban J connectivity index is 1.77. The Morgan fingerprint density at radius 3 is 2.52 bits per heavy atom. The lowest BCUT2D eigenvalue weighted by molar-refractivity contribution is -0.145. The summed E-state index contributed by atoms with van der Waals surface area (Å²) in [5.74, 6) is 0.972. The monoisotopic (exact) mass is 347 g/mol. The van der Waals surface area contributed by atoms with Crippen LogP contribution in [0.4, 0.5) is 0 Å². The molecule has 1 fully saturated rings. The largest absolute Gasteiger partial charge is 0.460 e. The number of esters is 1. The second-order valence-corrected chi connectivity index (χ2v) is 6.39. The Kier molecular flexibility index (Phi) is 4.92. The smallest absolute Gasteiger partial charge is 0.302 e. The van der Waals surface area contributed by atoms with Gasteiger partial charge in [0.25, 0.3) is 0 Å². The van der Waals surface area contributed by atoms with E-state index in [1.165, 1.54) is 6.92 Å². The Labute approximate surface area is 145 Å². The van der Waals surface area contributed by atoms with E-state index in [2.05, 4.69) is 0 Å². The molecule has 0 spiro atoms. The SMILES string of the molecule is CC(=O)CCc1cc2c(cc1CN1C[C@@H](OC(C)=O)CC1=O)OCO2. The maximum Gasteiger partial charge on any atom is 0.302 e. The molecule has 0 bridgehead atoms. The van der Waals surface area contributed by atoms with Crippen LogP contribution in [0.25, 0.3) is 0 Å². The van der Waals surface area contributed by atoms with Crippen LogP contribution in [0.5, 0.6) is 11.5 Å². The summed E-state index contributed by atoms with van der Waals surface area (Å²) in [5, 5.41) is 0. The second kappa shape index (κ2) is 7.13. The van der Waals surface area contributed by atoms with Gasteiger partial charge in [-0.25, -0.2) is 0 Å². The van der Waals surface area contributed by atoms with Crippen LogP contribution >= 0.6 is 0 Å². The van der Waals surface area contributed by atoms with Crippen molar-refractivity contribution in [3.63, 3.8) is 0 Å². The highest BCUT2D eigenvalue weighted by molar-refractivity contribution is 5.80. The third-order valence-electron chi connectivity index (χ3n) is 4.31. The Bertz CT molecular complexity index is 714. The molecule has 1 amide bonds. The Morgan fingerprint density at radius 1 is 1.20 bits per heavy atom. The summed E-state index contributed by atoms with van der Waals surface area (Å²) < 4.78 is 16.0. The number of carbonyl (C=O) groups is 3. The molecule has 0 unspecified atom stereocenters. The normalized spacial score (nSPS) is 18.6. The number of nitrogens with zero attached hydrogens (tertiary/aromatic N) is 1. The number of fused-ring (bicyclic) bond motifs is 1. The minimum Gasteiger partial charge on any atom is -0.460 e. The summed E-state index contributed by atoms with van der Waals surface area (Å²) in [4.78, 5) is 36.3. The fourth-order valence-corrected chi connectivity index (χ4v) is 3.12. The summed E-state index contributed by atoms with van der Waals surface area (Å²) in [5.41, 5.74) is 1.88. The molecule has 0 aliphatic carbocycles. The molecule has 2 aliphatic heterocycles. The van der Waals surface area contributed by atoms with Crippen LogP contribution in [0.2, 0.25) is 0 Å². The van der Waals surface area contributed by atoms with Gasteiger partial charge in [0.15, 0.2) is 11.5 Å². The van der Waals surface area contributed by atoms with E-state index in [4.69, 9.17) is 14.2 Å². The topological polar surface area (TPSA) is 82.1 Å². The van der Waals surface area contributed by atoms with Crippen LogP contribution in [0.3, 0.4) is 0 Å². The maximum atomic E-state index is 12.2. The molecule has 7 heteroatoms. The number of ketones is 1. The summed E-state index contributed by atoms with van der Waals surface area (Å²) in [6.07, 6.45) is 0.806. The van der Waals surface area contributed by atoms with Crippen LogP contribution in [-0.4, -0.2) is 42.0 Å². The molecular weight excluding hydrogens is 326 g/mol. The van der Waals surface area contributed by atoms with Gasteiger partial charge in [-0.2, -0.15) is 0 Å². The molecule has 3 rings (SSSR count). The third-order valence-corrected chi connectivity index (χ3v) is 4.31. The highest BCUT2D eigenvalue weighted by Crippen LogP contribution is 2.36. The first-order chi connectivity index (χ1) is 11.9. The van der Waals surface area contributed by atoms with E-state index in [-0.39, 0.29) is 30.9 Å². The number of rotatable bonds is 6. The number of likely N-dealkylation sites (tertiary alicyclic amines) is 1. The fraction of sp³-hybridized carbons (Fsp3) is 0.500. The van der Waals surface area contributed by atoms with Crippen molar-refractivity contribution < 1.29 is 28.6 Å². The Morgan fingerprint density at radius 2 is 1.88 bits per heavy atom. The summed E-state index contributed by atoms with van der Waals surface area (Å²) in [6, 6.07) is 3.74. The van der Waals surface area contributed by atoms with E-state index >= 15 is 0 Å². The molecule has 134 valence electrons. The standard InChI is InChI=1S/C18H21NO6/c1-11(20)3-4-13-5-16-17(24-10-23-16)6-14(13)8-19-9-15(7-18(19)22)25-12(2)21/h5-6,15H,3-4,7-10H2,1-2H3/t15-/m0/s1. The van der Waals surface area contributed by atoms with Crippen molar-refractivity contribution in [2.45, 2.75) is 45.8 Å². The first kappa shape index (κ1) is 17.3. The van der Waals surface area contributed by atoms with Crippen LogP contribution in [0, 0.1) is 0 Å². The zero-order valence-corrected chi connectivity index (χ0v) is 14.4. The van der Waals surface area contributed by atoms with E-state index in [0.717, 1.165) is 11.1 Å². The molecule has 1 aromatic rings. The minimum atomic E-state index is -0.403. The van der Waals surface area contributed by atoms with Crippen molar-refractivity contribution in [2.24, 2.45) is 0 Å². The van der Waals surface area contributed by atoms with E-state index in [1.54, 1.807) is 11.8 Å². The number of carbonyl (C=O) groups excluding carboxylic acids is 3. The molecule has 0 saturated carbocycles. The van der Waals surface area contributed by atoms with Gasteiger partial charge in [-0.15, -0.1) is 0 Å². The summed E-state index contributed by atoms with van der Waals surface area (Å²) >= 11 is 0. The lowest BCUT2D eigenvalue weighted by Gasteiger charge is -2.19. The summed E-state index contributed by atoms with van der Waals surface area (Å²) in [6.45, 7) is 3.83. The van der Waals surface area contributed by atoms with Crippen LogP contribution in [-0.2, 0) is 32.1 Å². The maximum absolute atomic E-state index is 12.2. The molecule has 1 atom stereocenters. The molecule has 7 nitrogen and oxygen atoms in total. The molecule has 2 aliphatic rings. The van der Waals surface area contributed by atoms with Crippen LogP contribution in [0.15, 0.2) is 12.1 Å². The van der Waals surface area contributed by atoms with Gasteiger partial charge in [0.1, 0.15) is 11.9 Å². The predicted octanol–water partition coefficient (Wildman–Crippen LogP) is 1.60. The zero-order chi connectivity index (χ0) is 18.0. The third kappa shape index (κ3) is 4.10. The van der Waals surface area contributed by atoms with E-state index in [0.29, 0.717) is 37.4 Å². The fourth-order valence-electron chi connectivity index (χ4n) is 3.12. The first-order valence-electron chi connectivity index (χ1n) is 8.28. The molecule has 1 saturated heterocycles. The number of aryl methyl sites for hydroxylation is 1. The first-order valence-corrected chi connectivity index (χ1v) is 8.28. The zero-order valence-electron chi connectivity index (χ0n) is 14.4. The predicted molar refractivity (Wildman–Crippen MR) is 87.2 cm³/mol. The molecular formula is C18H21NO6. The van der Waals surface area contributed by atoms with E-state index in [9.17, 15) is 14.4 Å². The molecule has 0 N–H and O–H groups in total. The highest BCUT2D eigenvalue weighted by Gasteiger charge is 2.32. The van der Waals surface area contributed by atoms with Gasteiger partial charge in [0, 0.05) is 19.9 Å². The number of hydrogen-bond donors (Lipinski definition) is 0. The van der Waals surface area contributed by atoms with Gasteiger partial charge in [0.05, 0.1) is 13.0 Å². The van der Waals surface area contributed by atoms with Crippen molar-refractivity contribution in [1.29, 1.82) is 0 Å². The highest BCUT2D eigenvalue weighted by atomic mass is 16.7. The van der Waals surface area contributed by atoms with Crippen molar-refractivity contribution in [3.05, 3.63) is 23.3 Å². The van der Waals surface area contributed by atoms with Crippen molar-refractivity contribution >= 4 is 17.7 Å². The Hall–Kier alpha value is -2.57. The van der Waals surface area contributed by atoms with E-state index < -0.39 is 6.10 Å². The van der Waals surface area contributed by atoms with Crippen molar-refractivity contribution in [2.75, 3.05) is 13.3 Å². The number of Topliss-reactive ketones (excluding diaryl/α,β-unsaturated/α-hetero) is 1. The number of ether oxygens (including phenoxy) is 3. The van der Waals surface area contributed by atoms with Gasteiger partial charge >= 0.3 is 5.97 Å². The van der Waals surface area contributed by atoms with Gasteiger partial charge in [-0.05, 0) is 36.6 Å².